The predicted octanol–water partition coefficient (Wildman–Crippen LogP) is 1.21. The number of aromatic nitrogens is 6. The third kappa shape index (κ3) is 4.70. The summed E-state index contributed by atoms with van der Waals surface area (Å²) in [4.78, 5) is 26.3. The molecule has 1 fully saturated rings. The molecule has 156 valence electrons. The van der Waals surface area contributed by atoms with Gasteiger partial charge in [0.05, 0.1) is 19.3 Å². The molecule has 3 N–H and O–H groups in total. The molecule has 2 amide bonds. The number of nitrogens with zero attached hydrogens (tertiary/aromatic N) is 5. The van der Waals surface area contributed by atoms with Gasteiger partial charge < -0.3 is 10.6 Å². The predicted molar refractivity (Wildman–Crippen MR) is 108 cm³/mol. The van der Waals surface area contributed by atoms with E-state index in [9.17, 15) is 9.59 Å². The maximum atomic E-state index is 12.6. The first-order chi connectivity index (χ1) is 14.6. The van der Waals surface area contributed by atoms with E-state index in [1.165, 1.54) is 4.80 Å². The lowest BCUT2D eigenvalue weighted by molar-refractivity contribution is -0.126. The summed E-state index contributed by atoms with van der Waals surface area (Å²) < 4.78 is 0. The first-order valence-corrected chi connectivity index (χ1v) is 10.00. The average molecular weight is 408 g/mol. The first-order valence-electron chi connectivity index (χ1n) is 10.00. The van der Waals surface area contributed by atoms with Crippen molar-refractivity contribution in [2.75, 3.05) is 0 Å². The van der Waals surface area contributed by atoms with Crippen LogP contribution in [0.3, 0.4) is 0 Å². The zero-order chi connectivity index (χ0) is 20.9. The van der Waals surface area contributed by atoms with Gasteiger partial charge in [-0.25, -0.2) is 0 Å². The molecule has 0 unspecified atom stereocenters. The van der Waals surface area contributed by atoms with Crippen molar-refractivity contribution in [3.63, 3.8) is 0 Å². The summed E-state index contributed by atoms with van der Waals surface area (Å²) >= 11 is 0. The van der Waals surface area contributed by atoms with Crippen molar-refractivity contribution in [3.05, 3.63) is 47.8 Å². The van der Waals surface area contributed by atoms with Crippen molar-refractivity contribution in [1.82, 2.24) is 41.0 Å². The molecule has 1 saturated carbocycles. The second kappa shape index (κ2) is 8.85. The number of hydrogen-bond donors (Lipinski definition) is 3. The van der Waals surface area contributed by atoms with Crippen LogP contribution in [0.1, 0.15) is 41.7 Å². The highest BCUT2D eigenvalue weighted by atomic mass is 16.2. The van der Waals surface area contributed by atoms with Crippen LogP contribution >= 0.6 is 0 Å². The topological polar surface area (TPSA) is 130 Å². The lowest BCUT2D eigenvalue weighted by Crippen LogP contribution is -2.40. The van der Waals surface area contributed by atoms with Crippen LogP contribution in [0.25, 0.3) is 11.4 Å². The summed E-state index contributed by atoms with van der Waals surface area (Å²) in [6.07, 6.45) is 4.76. The van der Waals surface area contributed by atoms with Gasteiger partial charge >= 0.3 is 0 Å². The molecule has 2 heterocycles. The van der Waals surface area contributed by atoms with Gasteiger partial charge in [-0.05, 0) is 49.1 Å². The van der Waals surface area contributed by atoms with Crippen molar-refractivity contribution in [2.24, 2.45) is 13.0 Å². The molecule has 0 aliphatic heterocycles. The second-order valence-corrected chi connectivity index (χ2v) is 7.50. The molecule has 1 aliphatic rings. The molecule has 10 nitrogen and oxygen atoms in total. The molecule has 0 bridgehead atoms. The van der Waals surface area contributed by atoms with Gasteiger partial charge in [-0.3, -0.25) is 14.7 Å². The highest BCUT2D eigenvalue weighted by molar-refractivity contribution is 5.94. The number of carbonyl (C=O) groups is 2. The molecular formula is C20H24N8O2. The van der Waals surface area contributed by atoms with Gasteiger partial charge in [-0.2, -0.15) is 9.90 Å². The molecule has 10 heteroatoms. The summed E-state index contributed by atoms with van der Waals surface area (Å²) in [5.41, 5.74) is 2.27. The molecule has 2 aromatic heterocycles. The van der Waals surface area contributed by atoms with E-state index in [-0.39, 0.29) is 23.8 Å². The van der Waals surface area contributed by atoms with E-state index in [0.29, 0.717) is 17.9 Å². The molecule has 30 heavy (non-hydrogen) atoms. The number of aryl methyl sites for hydroxylation is 1. The van der Waals surface area contributed by atoms with Gasteiger partial charge in [-0.15, -0.1) is 10.2 Å². The highest BCUT2D eigenvalue weighted by Crippen LogP contribution is 2.25. The number of hydrogen-bond acceptors (Lipinski definition) is 6. The Balaban J connectivity index is 1.24. The Labute approximate surface area is 173 Å². The van der Waals surface area contributed by atoms with Gasteiger partial charge in [0.1, 0.15) is 0 Å². The van der Waals surface area contributed by atoms with Crippen molar-refractivity contribution >= 4 is 11.8 Å². The SMILES string of the molecule is Cn1nnc(-c2ccc(C(=O)NC3CCC(C(=O)NCc4ccn[nH]4)CC3)cc2)n1. The van der Waals surface area contributed by atoms with E-state index in [2.05, 4.69) is 36.2 Å². The van der Waals surface area contributed by atoms with Crippen LogP contribution in [0, 0.1) is 5.92 Å². The van der Waals surface area contributed by atoms with Crippen LogP contribution in [0.15, 0.2) is 36.5 Å². The first kappa shape index (κ1) is 19.7. The number of benzene rings is 1. The average Bonchev–Trinajstić information content (AvgIpc) is 3.44. The van der Waals surface area contributed by atoms with Gasteiger partial charge in [0, 0.05) is 29.3 Å². The van der Waals surface area contributed by atoms with E-state index >= 15 is 0 Å². The standard InChI is InChI=1S/C20H24N8O2/c1-28-26-18(25-27-28)13-2-4-15(5-3-13)20(30)23-16-8-6-14(7-9-16)19(29)21-12-17-10-11-22-24-17/h2-5,10-11,14,16H,6-9,12H2,1H3,(H,21,29)(H,22,24)(H,23,30). The minimum absolute atomic E-state index is 0.0140. The van der Waals surface area contributed by atoms with E-state index in [0.717, 1.165) is 36.9 Å². The van der Waals surface area contributed by atoms with Crippen LogP contribution in [0.4, 0.5) is 0 Å². The molecule has 3 aromatic rings. The van der Waals surface area contributed by atoms with Crippen LogP contribution < -0.4 is 10.6 Å². The Kier molecular flexibility index (Phi) is 5.82. The maximum Gasteiger partial charge on any atom is 0.251 e. The fraction of sp³-hybridized carbons (Fsp3) is 0.400. The number of tetrazole rings is 1. The molecule has 1 aliphatic carbocycles. The Morgan fingerprint density at radius 1 is 1.13 bits per heavy atom. The third-order valence-corrected chi connectivity index (χ3v) is 5.36. The lowest BCUT2D eigenvalue weighted by Gasteiger charge is -2.28. The molecule has 0 radical (unpaired) electrons. The maximum absolute atomic E-state index is 12.6. The quantitative estimate of drug-likeness (QED) is 0.562. The molecule has 1 aromatic carbocycles. The van der Waals surface area contributed by atoms with Crippen molar-refractivity contribution in [3.8, 4) is 11.4 Å². The van der Waals surface area contributed by atoms with Gasteiger partial charge in [-0.1, -0.05) is 12.1 Å². The number of H-pyrrole nitrogens is 1. The number of carbonyl (C=O) groups excluding carboxylic acids is 2. The minimum atomic E-state index is -0.110. The number of rotatable bonds is 6. The van der Waals surface area contributed by atoms with Gasteiger partial charge in [0.2, 0.25) is 11.7 Å². The van der Waals surface area contributed by atoms with Crippen LogP contribution in [0.2, 0.25) is 0 Å². The Morgan fingerprint density at radius 3 is 2.53 bits per heavy atom. The van der Waals surface area contributed by atoms with Crippen molar-refractivity contribution < 1.29 is 9.59 Å². The molecule has 4 rings (SSSR count). The summed E-state index contributed by atoms with van der Waals surface area (Å²) in [5, 5.41) is 24.7. The third-order valence-electron chi connectivity index (χ3n) is 5.36. The van der Waals surface area contributed by atoms with E-state index in [1.807, 2.05) is 18.2 Å². The van der Waals surface area contributed by atoms with Crippen LogP contribution in [0.5, 0.6) is 0 Å². The normalized spacial score (nSPS) is 18.7. The summed E-state index contributed by atoms with van der Waals surface area (Å²) in [6.45, 7) is 0.454. The fourth-order valence-electron chi connectivity index (χ4n) is 3.65. The second-order valence-electron chi connectivity index (χ2n) is 7.50. The van der Waals surface area contributed by atoms with Crippen molar-refractivity contribution in [1.29, 1.82) is 0 Å². The van der Waals surface area contributed by atoms with E-state index < -0.39 is 0 Å². The number of aromatic amines is 1. The molecular weight excluding hydrogens is 384 g/mol. The lowest BCUT2D eigenvalue weighted by atomic mass is 9.85. The van der Waals surface area contributed by atoms with Gasteiger partial charge in [0.25, 0.3) is 5.91 Å². The smallest absolute Gasteiger partial charge is 0.251 e. The molecule has 0 saturated heterocycles. The fourth-order valence-corrected chi connectivity index (χ4v) is 3.65. The van der Waals surface area contributed by atoms with Gasteiger partial charge in [0.15, 0.2) is 0 Å². The molecule has 0 atom stereocenters. The zero-order valence-electron chi connectivity index (χ0n) is 16.7. The van der Waals surface area contributed by atoms with E-state index in [1.54, 1.807) is 25.4 Å². The monoisotopic (exact) mass is 408 g/mol. The Hall–Kier alpha value is -3.56. The molecule has 0 spiro atoms. The Morgan fingerprint density at radius 2 is 1.90 bits per heavy atom. The minimum Gasteiger partial charge on any atom is -0.350 e. The Bertz CT molecular complexity index is 988. The van der Waals surface area contributed by atoms with Crippen molar-refractivity contribution in [2.45, 2.75) is 38.3 Å². The number of nitrogens with one attached hydrogen (secondary N) is 3. The largest absolute Gasteiger partial charge is 0.350 e. The summed E-state index contributed by atoms with van der Waals surface area (Å²) in [5.74, 6) is 0.455. The van der Waals surface area contributed by atoms with Crippen LogP contribution in [-0.2, 0) is 18.4 Å². The zero-order valence-corrected chi connectivity index (χ0v) is 16.7. The number of amides is 2. The summed E-state index contributed by atoms with van der Waals surface area (Å²) in [7, 11) is 1.70. The van der Waals surface area contributed by atoms with Crippen LogP contribution in [-0.4, -0.2) is 48.3 Å². The highest BCUT2D eigenvalue weighted by Gasteiger charge is 2.27. The van der Waals surface area contributed by atoms with E-state index in [4.69, 9.17) is 0 Å². The summed E-state index contributed by atoms with van der Waals surface area (Å²) in [6, 6.07) is 9.06.